The molecule has 0 spiro atoms. The third-order valence-electron chi connectivity index (χ3n) is 2.10. The number of aromatic carboxylic acids is 1. The van der Waals surface area contributed by atoms with Gasteiger partial charge in [0.15, 0.2) is 0 Å². The average molecular weight is 199 g/mol. The van der Waals surface area contributed by atoms with Crippen molar-refractivity contribution in [3.05, 3.63) is 54.4 Å². The van der Waals surface area contributed by atoms with E-state index in [0.29, 0.717) is 0 Å². The first kappa shape index (κ1) is 9.40. The number of hydrogen-bond donors (Lipinski definition) is 1. The molecule has 1 aromatic heterocycles. The maximum atomic E-state index is 10.8. The maximum Gasteiger partial charge on any atom is 0.335 e. The van der Waals surface area contributed by atoms with E-state index in [2.05, 4.69) is 4.98 Å². The number of carbonyl (C=O) groups is 1. The van der Waals surface area contributed by atoms with Gasteiger partial charge in [0, 0.05) is 18.0 Å². The van der Waals surface area contributed by atoms with Crippen LogP contribution in [0.25, 0.3) is 11.1 Å². The number of rotatable bonds is 2. The molecule has 3 nitrogen and oxygen atoms in total. The van der Waals surface area contributed by atoms with Gasteiger partial charge in [-0.1, -0.05) is 18.2 Å². The smallest absolute Gasteiger partial charge is 0.335 e. The number of nitrogens with zero attached hydrogens (tertiary/aromatic N) is 1. The number of carboxylic acids is 1. The van der Waals surface area contributed by atoms with E-state index >= 15 is 0 Å². The molecule has 2 aromatic rings. The highest BCUT2D eigenvalue weighted by Gasteiger charge is 2.04. The Morgan fingerprint density at radius 3 is 2.60 bits per heavy atom. The fourth-order valence-electron chi connectivity index (χ4n) is 1.37. The predicted octanol–water partition coefficient (Wildman–Crippen LogP) is 2.45. The Bertz CT molecular complexity index is 480. The molecule has 3 heteroatoms. The monoisotopic (exact) mass is 199 g/mol. The van der Waals surface area contributed by atoms with Gasteiger partial charge in [-0.2, -0.15) is 0 Å². The van der Waals surface area contributed by atoms with E-state index in [-0.39, 0.29) is 5.56 Å². The Morgan fingerprint density at radius 2 is 1.93 bits per heavy atom. The van der Waals surface area contributed by atoms with Gasteiger partial charge < -0.3 is 5.11 Å². The minimum atomic E-state index is -0.916. The zero-order valence-electron chi connectivity index (χ0n) is 7.92. The molecule has 74 valence electrons. The first-order chi connectivity index (χ1) is 7.27. The van der Waals surface area contributed by atoms with Gasteiger partial charge >= 0.3 is 5.97 Å². The molecule has 1 heterocycles. The summed E-state index contributed by atoms with van der Waals surface area (Å²) in [5.41, 5.74) is 2.07. The largest absolute Gasteiger partial charge is 0.478 e. The minimum absolute atomic E-state index is 0.288. The van der Waals surface area contributed by atoms with E-state index < -0.39 is 5.97 Å². The van der Waals surface area contributed by atoms with Gasteiger partial charge in [0.2, 0.25) is 0 Å². The molecule has 0 saturated heterocycles. The highest BCUT2D eigenvalue weighted by atomic mass is 16.4. The Balaban J connectivity index is 2.46. The van der Waals surface area contributed by atoms with Crippen molar-refractivity contribution >= 4 is 5.97 Å². The number of benzene rings is 1. The lowest BCUT2D eigenvalue weighted by atomic mass is 10.1. The van der Waals surface area contributed by atoms with Crippen LogP contribution in [0, 0.1) is 0 Å². The van der Waals surface area contributed by atoms with E-state index in [0.717, 1.165) is 11.1 Å². The normalized spacial score (nSPS) is 9.87. The van der Waals surface area contributed by atoms with E-state index in [4.69, 9.17) is 5.11 Å². The molecular formula is C12H9NO2. The lowest BCUT2D eigenvalue weighted by molar-refractivity contribution is 0.0697. The summed E-state index contributed by atoms with van der Waals surface area (Å²) in [4.78, 5) is 14.8. The fourth-order valence-corrected chi connectivity index (χ4v) is 1.37. The lowest BCUT2D eigenvalue weighted by Gasteiger charge is -2.01. The summed E-state index contributed by atoms with van der Waals surface area (Å²) in [6, 6.07) is 10.5. The first-order valence-electron chi connectivity index (χ1n) is 4.51. The molecule has 0 fully saturated rings. The molecule has 2 rings (SSSR count). The number of aromatic nitrogens is 1. The topological polar surface area (TPSA) is 50.2 Å². The van der Waals surface area contributed by atoms with Gasteiger partial charge in [0.1, 0.15) is 0 Å². The van der Waals surface area contributed by atoms with Crippen molar-refractivity contribution in [3.63, 3.8) is 0 Å². The summed E-state index contributed by atoms with van der Waals surface area (Å²) >= 11 is 0. The average Bonchev–Trinajstić information content (AvgIpc) is 2.30. The summed E-state index contributed by atoms with van der Waals surface area (Å²) in [5.74, 6) is -0.916. The summed E-state index contributed by atoms with van der Waals surface area (Å²) in [6.07, 6.45) is 3.39. The number of carboxylic acid groups (broad SMARTS) is 1. The van der Waals surface area contributed by atoms with Crippen LogP contribution in [0.3, 0.4) is 0 Å². The third-order valence-corrected chi connectivity index (χ3v) is 2.10. The Kier molecular flexibility index (Phi) is 2.46. The summed E-state index contributed by atoms with van der Waals surface area (Å²) < 4.78 is 0. The fraction of sp³-hybridized carbons (Fsp3) is 0. The van der Waals surface area contributed by atoms with Crippen LogP contribution in [-0.2, 0) is 0 Å². The molecule has 0 saturated carbocycles. The van der Waals surface area contributed by atoms with Crippen LogP contribution in [-0.4, -0.2) is 16.1 Å². The first-order valence-corrected chi connectivity index (χ1v) is 4.51. The zero-order chi connectivity index (χ0) is 10.7. The molecule has 0 bridgehead atoms. The SMILES string of the molecule is O=C(O)c1cccc(-c2cccnc2)c1. The second kappa shape index (κ2) is 3.92. The third kappa shape index (κ3) is 2.02. The van der Waals surface area contributed by atoms with E-state index in [1.54, 1.807) is 30.6 Å². The molecule has 0 aliphatic carbocycles. The van der Waals surface area contributed by atoms with E-state index in [1.165, 1.54) is 0 Å². The molecule has 1 aromatic carbocycles. The molecule has 0 radical (unpaired) electrons. The van der Waals surface area contributed by atoms with Crippen LogP contribution in [0.2, 0.25) is 0 Å². The molecule has 0 aliphatic heterocycles. The lowest BCUT2D eigenvalue weighted by Crippen LogP contribution is -1.95. The number of pyridine rings is 1. The van der Waals surface area contributed by atoms with Crippen LogP contribution in [0.15, 0.2) is 48.8 Å². The molecule has 0 atom stereocenters. The second-order valence-corrected chi connectivity index (χ2v) is 3.13. The van der Waals surface area contributed by atoms with Gasteiger partial charge in [-0.05, 0) is 23.8 Å². The van der Waals surface area contributed by atoms with Gasteiger partial charge in [0.05, 0.1) is 5.56 Å². The van der Waals surface area contributed by atoms with Crippen molar-refractivity contribution in [1.82, 2.24) is 4.98 Å². The van der Waals surface area contributed by atoms with E-state index in [9.17, 15) is 4.79 Å². The van der Waals surface area contributed by atoms with Gasteiger partial charge in [-0.3, -0.25) is 4.98 Å². The number of hydrogen-bond acceptors (Lipinski definition) is 2. The standard InChI is InChI=1S/C12H9NO2/c14-12(15)10-4-1-3-9(7-10)11-5-2-6-13-8-11/h1-8H,(H,14,15). The van der Waals surface area contributed by atoms with Crippen molar-refractivity contribution in [2.24, 2.45) is 0 Å². The van der Waals surface area contributed by atoms with Gasteiger partial charge in [-0.15, -0.1) is 0 Å². The molecule has 15 heavy (non-hydrogen) atoms. The van der Waals surface area contributed by atoms with Gasteiger partial charge in [-0.25, -0.2) is 4.79 Å². The van der Waals surface area contributed by atoms with Gasteiger partial charge in [0.25, 0.3) is 0 Å². The maximum absolute atomic E-state index is 10.8. The van der Waals surface area contributed by atoms with Crippen LogP contribution in [0.4, 0.5) is 0 Å². The molecular weight excluding hydrogens is 190 g/mol. The van der Waals surface area contributed by atoms with Crippen molar-refractivity contribution in [1.29, 1.82) is 0 Å². The van der Waals surface area contributed by atoms with E-state index in [1.807, 2.05) is 18.2 Å². The highest BCUT2D eigenvalue weighted by molar-refractivity contribution is 5.89. The summed E-state index contributed by atoms with van der Waals surface area (Å²) in [6.45, 7) is 0. The Hall–Kier alpha value is -2.16. The summed E-state index contributed by atoms with van der Waals surface area (Å²) in [7, 11) is 0. The predicted molar refractivity (Wildman–Crippen MR) is 56.6 cm³/mol. The Labute approximate surface area is 87.0 Å². The molecule has 0 aliphatic rings. The highest BCUT2D eigenvalue weighted by Crippen LogP contribution is 2.18. The van der Waals surface area contributed by atoms with Crippen molar-refractivity contribution in [2.75, 3.05) is 0 Å². The quantitative estimate of drug-likeness (QED) is 0.808. The Morgan fingerprint density at radius 1 is 1.13 bits per heavy atom. The van der Waals surface area contributed by atoms with Crippen LogP contribution < -0.4 is 0 Å². The van der Waals surface area contributed by atoms with Crippen LogP contribution >= 0.6 is 0 Å². The minimum Gasteiger partial charge on any atom is -0.478 e. The van der Waals surface area contributed by atoms with Crippen molar-refractivity contribution < 1.29 is 9.90 Å². The zero-order valence-corrected chi connectivity index (χ0v) is 7.92. The van der Waals surface area contributed by atoms with Crippen molar-refractivity contribution in [2.45, 2.75) is 0 Å². The van der Waals surface area contributed by atoms with Crippen LogP contribution in [0.1, 0.15) is 10.4 Å². The van der Waals surface area contributed by atoms with Crippen LogP contribution in [0.5, 0.6) is 0 Å². The molecule has 1 N–H and O–H groups in total. The second-order valence-electron chi connectivity index (χ2n) is 3.13. The molecule has 0 unspecified atom stereocenters. The summed E-state index contributed by atoms with van der Waals surface area (Å²) in [5, 5.41) is 8.84. The van der Waals surface area contributed by atoms with Crippen molar-refractivity contribution in [3.8, 4) is 11.1 Å². The molecule has 0 amide bonds.